The summed E-state index contributed by atoms with van der Waals surface area (Å²) in [5.74, 6) is 0.186. The smallest absolute Gasteiger partial charge is 0.208 e. The zero-order valence-electron chi connectivity index (χ0n) is 7.40. The summed E-state index contributed by atoms with van der Waals surface area (Å²) in [7, 11) is 1.19. The molecule has 72 valence electrons. The SMILES string of the molecule is CCCS(=O)(=O)SC(=S)N(C)C. The minimum Gasteiger partial charge on any atom is -0.363 e. The Bertz CT molecular complexity index is 246. The molecule has 0 aromatic carbocycles. The van der Waals surface area contributed by atoms with Gasteiger partial charge in [-0.05, 0) is 6.42 Å². The molecule has 0 aromatic heterocycles. The van der Waals surface area contributed by atoms with E-state index in [0.717, 1.165) is 10.8 Å². The maximum Gasteiger partial charge on any atom is 0.208 e. The molecule has 0 amide bonds. The summed E-state index contributed by atoms with van der Waals surface area (Å²) in [6, 6.07) is 0. The molecule has 0 radical (unpaired) electrons. The van der Waals surface area contributed by atoms with E-state index in [-0.39, 0.29) is 5.75 Å². The maximum absolute atomic E-state index is 11.2. The number of hydrogen-bond donors (Lipinski definition) is 0. The summed E-state index contributed by atoms with van der Waals surface area (Å²) in [4.78, 5) is 1.62. The zero-order valence-corrected chi connectivity index (χ0v) is 9.85. The highest BCUT2D eigenvalue weighted by Crippen LogP contribution is 2.17. The molecule has 0 saturated heterocycles. The van der Waals surface area contributed by atoms with Crippen LogP contribution in [0.15, 0.2) is 0 Å². The molecular formula is C6H13NO2S3. The molecule has 0 aliphatic carbocycles. The molecule has 0 unspecified atom stereocenters. The third-order valence-electron chi connectivity index (χ3n) is 1.02. The second-order valence-corrected chi connectivity index (χ2v) is 7.25. The Balaban J connectivity index is 4.17. The van der Waals surface area contributed by atoms with E-state index in [1.165, 1.54) is 0 Å². The highest BCUT2D eigenvalue weighted by molar-refractivity contribution is 8.79. The van der Waals surface area contributed by atoms with Gasteiger partial charge < -0.3 is 4.90 Å². The highest BCUT2D eigenvalue weighted by Gasteiger charge is 2.14. The van der Waals surface area contributed by atoms with Crippen LogP contribution in [0.1, 0.15) is 13.3 Å². The van der Waals surface area contributed by atoms with E-state index in [9.17, 15) is 8.42 Å². The standard InChI is InChI=1S/C6H13NO2S3/c1-4-5-12(8,9)11-6(10)7(2)3/h4-5H2,1-3H3. The van der Waals surface area contributed by atoms with Crippen LogP contribution in [-0.2, 0) is 8.87 Å². The molecular weight excluding hydrogens is 214 g/mol. The summed E-state index contributed by atoms with van der Waals surface area (Å²) in [5.41, 5.74) is 0. The van der Waals surface area contributed by atoms with E-state index < -0.39 is 8.87 Å². The molecule has 0 saturated carbocycles. The van der Waals surface area contributed by atoms with Crippen molar-refractivity contribution >= 4 is 36.2 Å². The van der Waals surface area contributed by atoms with Gasteiger partial charge in [0.2, 0.25) is 8.87 Å². The molecule has 3 nitrogen and oxygen atoms in total. The van der Waals surface area contributed by atoms with Crippen molar-refractivity contribution in [1.29, 1.82) is 0 Å². The van der Waals surface area contributed by atoms with E-state index in [2.05, 4.69) is 0 Å². The fraction of sp³-hybridized carbons (Fsp3) is 0.833. The Labute approximate surface area is 82.8 Å². The van der Waals surface area contributed by atoms with Crippen LogP contribution in [0.3, 0.4) is 0 Å². The fourth-order valence-electron chi connectivity index (χ4n) is 0.475. The van der Waals surface area contributed by atoms with Crippen LogP contribution in [0.25, 0.3) is 0 Å². The molecule has 0 aliphatic heterocycles. The maximum atomic E-state index is 11.2. The normalized spacial score (nSPS) is 11.2. The second-order valence-electron chi connectivity index (χ2n) is 2.51. The molecule has 0 atom stereocenters. The lowest BCUT2D eigenvalue weighted by molar-refractivity contribution is 0.609. The van der Waals surface area contributed by atoms with E-state index >= 15 is 0 Å². The van der Waals surface area contributed by atoms with E-state index in [4.69, 9.17) is 12.2 Å². The van der Waals surface area contributed by atoms with Gasteiger partial charge in [0.05, 0.1) is 5.75 Å². The van der Waals surface area contributed by atoms with Crippen LogP contribution in [0.5, 0.6) is 0 Å². The summed E-state index contributed by atoms with van der Waals surface area (Å²) in [5, 5.41) is 0. The monoisotopic (exact) mass is 227 g/mol. The lowest BCUT2D eigenvalue weighted by Crippen LogP contribution is -2.18. The van der Waals surface area contributed by atoms with Crippen molar-refractivity contribution in [2.45, 2.75) is 13.3 Å². The predicted octanol–water partition coefficient (Wildman–Crippen LogP) is 1.31. The Morgan fingerprint density at radius 1 is 1.50 bits per heavy atom. The van der Waals surface area contributed by atoms with E-state index in [1.807, 2.05) is 6.92 Å². The minimum atomic E-state index is -3.04. The van der Waals surface area contributed by atoms with Crippen LogP contribution in [0.4, 0.5) is 0 Å². The molecule has 12 heavy (non-hydrogen) atoms. The first-order valence-electron chi connectivity index (χ1n) is 3.52. The number of rotatable bonds is 3. The van der Waals surface area contributed by atoms with Gasteiger partial charge in [0.25, 0.3) is 0 Å². The van der Waals surface area contributed by atoms with Crippen molar-refractivity contribution in [3.63, 3.8) is 0 Å². The van der Waals surface area contributed by atoms with Gasteiger partial charge in [0.15, 0.2) is 4.32 Å². The number of hydrogen-bond acceptors (Lipinski definition) is 4. The van der Waals surface area contributed by atoms with Crippen LogP contribution >= 0.6 is 23.0 Å². The predicted molar refractivity (Wildman–Crippen MR) is 58.0 cm³/mol. The topological polar surface area (TPSA) is 37.4 Å². The van der Waals surface area contributed by atoms with Crippen LogP contribution < -0.4 is 0 Å². The Morgan fingerprint density at radius 3 is 2.33 bits per heavy atom. The van der Waals surface area contributed by atoms with Gasteiger partial charge >= 0.3 is 0 Å². The Morgan fingerprint density at radius 2 is 2.00 bits per heavy atom. The molecule has 0 bridgehead atoms. The average molecular weight is 227 g/mol. The Hall–Kier alpha value is 0.190. The first-order valence-corrected chi connectivity index (χ1v) is 6.92. The van der Waals surface area contributed by atoms with Crippen molar-refractivity contribution in [2.75, 3.05) is 19.8 Å². The van der Waals surface area contributed by atoms with Gasteiger partial charge in [0, 0.05) is 24.9 Å². The molecule has 0 aliphatic rings. The molecule has 0 heterocycles. The first kappa shape index (κ1) is 12.2. The summed E-state index contributed by atoms with van der Waals surface area (Å²) < 4.78 is 22.8. The zero-order chi connectivity index (χ0) is 9.78. The van der Waals surface area contributed by atoms with Gasteiger partial charge in [-0.2, -0.15) is 0 Å². The first-order chi connectivity index (χ1) is 5.39. The van der Waals surface area contributed by atoms with Gasteiger partial charge in [-0.25, -0.2) is 8.42 Å². The van der Waals surface area contributed by atoms with Gasteiger partial charge in [-0.15, -0.1) is 0 Å². The van der Waals surface area contributed by atoms with Crippen molar-refractivity contribution in [3.8, 4) is 0 Å². The summed E-state index contributed by atoms with van der Waals surface area (Å²) in [6.45, 7) is 1.83. The van der Waals surface area contributed by atoms with Crippen molar-refractivity contribution in [2.24, 2.45) is 0 Å². The second kappa shape index (κ2) is 5.04. The van der Waals surface area contributed by atoms with Gasteiger partial charge in [-0.1, -0.05) is 19.1 Å². The quantitative estimate of drug-likeness (QED) is 0.537. The minimum absolute atomic E-state index is 0.186. The molecule has 0 aromatic rings. The van der Waals surface area contributed by atoms with Crippen molar-refractivity contribution < 1.29 is 8.42 Å². The van der Waals surface area contributed by atoms with E-state index in [1.54, 1.807) is 19.0 Å². The largest absolute Gasteiger partial charge is 0.363 e. The van der Waals surface area contributed by atoms with Crippen molar-refractivity contribution in [1.82, 2.24) is 4.90 Å². The molecule has 6 heteroatoms. The number of thiocarbonyl (C=S) groups is 1. The van der Waals surface area contributed by atoms with Crippen LogP contribution in [0.2, 0.25) is 0 Å². The highest BCUT2D eigenvalue weighted by atomic mass is 33.1. The van der Waals surface area contributed by atoms with Gasteiger partial charge in [-0.3, -0.25) is 0 Å². The van der Waals surface area contributed by atoms with E-state index in [0.29, 0.717) is 10.7 Å². The summed E-state index contributed by atoms with van der Waals surface area (Å²) >= 11 is 4.85. The van der Waals surface area contributed by atoms with Crippen molar-refractivity contribution in [3.05, 3.63) is 0 Å². The molecule has 0 spiro atoms. The average Bonchev–Trinajstić information content (AvgIpc) is 1.85. The third-order valence-corrected chi connectivity index (χ3v) is 5.35. The van der Waals surface area contributed by atoms with Crippen LogP contribution in [-0.4, -0.2) is 37.5 Å². The molecule has 0 N–H and O–H groups in total. The third kappa shape index (κ3) is 4.95. The lowest BCUT2D eigenvalue weighted by atomic mass is 10.6. The number of nitrogens with zero attached hydrogens (tertiary/aromatic N) is 1. The summed E-state index contributed by atoms with van der Waals surface area (Å²) in [6.07, 6.45) is 0.630. The fourth-order valence-corrected chi connectivity index (χ4v) is 4.21. The molecule has 0 rings (SSSR count). The Kier molecular flexibility index (Phi) is 5.12. The van der Waals surface area contributed by atoms with Crippen LogP contribution in [0, 0.1) is 0 Å². The molecule has 0 fully saturated rings. The lowest BCUT2D eigenvalue weighted by Gasteiger charge is -2.11. The van der Waals surface area contributed by atoms with Gasteiger partial charge in [0.1, 0.15) is 0 Å².